The molecule has 0 bridgehead atoms. The molecule has 98 valence electrons. The molecule has 0 aliphatic heterocycles. The van der Waals surface area contributed by atoms with E-state index < -0.39 is 5.97 Å². The first-order valence-corrected chi connectivity index (χ1v) is 6.97. The van der Waals surface area contributed by atoms with Crippen LogP contribution in [0, 0.1) is 0 Å². The van der Waals surface area contributed by atoms with Gasteiger partial charge in [0.25, 0.3) is 0 Å². The minimum Gasteiger partial charge on any atom is -0.464 e. The number of hydrogen-bond acceptors (Lipinski definition) is 7. The molecule has 0 saturated heterocycles. The summed E-state index contributed by atoms with van der Waals surface area (Å²) in [4.78, 5) is 31.3. The third-order valence-corrected chi connectivity index (χ3v) is 4.11. The Balaban J connectivity index is 2.51. The van der Waals surface area contributed by atoms with Crippen molar-refractivity contribution in [3.05, 3.63) is 27.7 Å². The molecule has 2 aromatic rings. The summed E-state index contributed by atoms with van der Waals surface area (Å²) in [5.74, 6) is -0.524. The summed E-state index contributed by atoms with van der Waals surface area (Å²) < 4.78 is 4.69. The van der Waals surface area contributed by atoms with Crippen LogP contribution in [0.1, 0.15) is 22.3 Å². The topological polar surface area (TPSA) is 69.2 Å². The first kappa shape index (κ1) is 13.6. The summed E-state index contributed by atoms with van der Waals surface area (Å²) >= 11 is 2.74. The summed E-state index contributed by atoms with van der Waals surface area (Å²) in [6, 6.07) is 0. The molecule has 0 N–H and O–H groups in total. The Bertz CT molecular complexity index is 629. The second-order valence-corrected chi connectivity index (χ2v) is 5.49. The van der Waals surface area contributed by atoms with Gasteiger partial charge in [-0.15, -0.1) is 22.7 Å². The maximum absolute atomic E-state index is 11.7. The smallest absolute Gasteiger partial charge is 0.358 e. The monoisotopic (exact) mass is 294 g/mol. The van der Waals surface area contributed by atoms with E-state index in [-0.39, 0.29) is 5.69 Å². The Hall–Kier alpha value is -1.86. The van der Waals surface area contributed by atoms with E-state index in [1.54, 1.807) is 19.2 Å². The highest BCUT2D eigenvalue weighted by molar-refractivity contribution is 7.21. The molecule has 0 saturated carbocycles. The molecular formula is C12H10N2O3S2. The van der Waals surface area contributed by atoms with Gasteiger partial charge in [0.2, 0.25) is 0 Å². The lowest BCUT2D eigenvalue weighted by Gasteiger charge is -1.95. The number of rotatable bonds is 4. The number of thiazole rings is 2. The Morgan fingerprint density at radius 3 is 2.79 bits per heavy atom. The van der Waals surface area contributed by atoms with Crippen LogP contribution in [0.5, 0.6) is 0 Å². The van der Waals surface area contributed by atoms with E-state index in [1.807, 2.05) is 5.38 Å². The molecule has 7 heteroatoms. The van der Waals surface area contributed by atoms with Gasteiger partial charge in [-0.05, 0) is 18.6 Å². The Labute approximate surface area is 117 Å². The van der Waals surface area contributed by atoms with Gasteiger partial charge in [-0.1, -0.05) is 0 Å². The molecule has 0 radical (unpaired) electrons. The van der Waals surface area contributed by atoms with Gasteiger partial charge in [0, 0.05) is 11.6 Å². The summed E-state index contributed by atoms with van der Waals surface area (Å²) in [7, 11) is 1.30. The molecule has 0 aliphatic carbocycles. The highest BCUT2D eigenvalue weighted by Gasteiger charge is 2.19. The van der Waals surface area contributed by atoms with Gasteiger partial charge in [0.05, 0.1) is 12.0 Å². The molecular weight excluding hydrogens is 284 g/mol. The van der Waals surface area contributed by atoms with Crippen LogP contribution in [0.15, 0.2) is 17.2 Å². The largest absolute Gasteiger partial charge is 0.464 e. The van der Waals surface area contributed by atoms with Gasteiger partial charge in [0.15, 0.2) is 15.7 Å². The fourth-order valence-electron chi connectivity index (χ4n) is 1.33. The van der Waals surface area contributed by atoms with Gasteiger partial charge < -0.3 is 4.74 Å². The van der Waals surface area contributed by atoms with E-state index >= 15 is 0 Å². The molecule has 19 heavy (non-hydrogen) atoms. The van der Waals surface area contributed by atoms with Crippen molar-refractivity contribution >= 4 is 41.0 Å². The average molecular weight is 294 g/mol. The van der Waals surface area contributed by atoms with E-state index in [9.17, 15) is 9.59 Å². The fourth-order valence-corrected chi connectivity index (χ4v) is 3.08. The maximum atomic E-state index is 11.7. The van der Waals surface area contributed by atoms with Crippen LogP contribution in [-0.2, 0) is 9.53 Å². The standard InChI is InChI=1S/C12H10N2O3S2/c1-7(6-15)5-8-9(12(16)17-2)14-11(19-8)10-13-3-4-18-10/h3-6H,1-2H3/b7-5+. The first-order chi connectivity index (χ1) is 9.15. The van der Waals surface area contributed by atoms with Crippen molar-refractivity contribution in [1.82, 2.24) is 9.97 Å². The molecule has 0 amide bonds. The van der Waals surface area contributed by atoms with Crippen molar-refractivity contribution in [3.63, 3.8) is 0 Å². The molecule has 5 nitrogen and oxygen atoms in total. The zero-order chi connectivity index (χ0) is 13.8. The van der Waals surface area contributed by atoms with Crippen LogP contribution in [0.4, 0.5) is 0 Å². The van der Waals surface area contributed by atoms with Crippen LogP contribution in [0.25, 0.3) is 16.1 Å². The summed E-state index contributed by atoms with van der Waals surface area (Å²) in [6.07, 6.45) is 4.02. The normalized spacial score (nSPS) is 11.4. The van der Waals surface area contributed by atoms with Gasteiger partial charge >= 0.3 is 5.97 Å². The molecule has 2 rings (SSSR count). The minimum atomic E-state index is -0.524. The summed E-state index contributed by atoms with van der Waals surface area (Å²) in [5, 5.41) is 3.21. The van der Waals surface area contributed by atoms with Crippen molar-refractivity contribution in [1.29, 1.82) is 0 Å². The van der Waals surface area contributed by atoms with E-state index in [0.717, 1.165) is 11.3 Å². The number of allylic oxidation sites excluding steroid dienone is 1. The van der Waals surface area contributed by atoms with Gasteiger partial charge in [0.1, 0.15) is 6.29 Å². The number of carbonyl (C=O) groups is 2. The molecule has 0 fully saturated rings. The average Bonchev–Trinajstić information content (AvgIpc) is 3.06. The van der Waals surface area contributed by atoms with E-state index in [1.165, 1.54) is 29.8 Å². The number of aromatic nitrogens is 2. The summed E-state index contributed by atoms with van der Waals surface area (Å²) in [6.45, 7) is 1.66. The highest BCUT2D eigenvalue weighted by atomic mass is 32.1. The van der Waals surface area contributed by atoms with Crippen LogP contribution in [-0.4, -0.2) is 29.3 Å². The lowest BCUT2D eigenvalue weighted by molar-refractivity contribution is -0.104. The van der Waals surface area contributed by atoms with Crippen LogP contribution < -0.4 is 0 Å². The Kier molecular flexibility index (Phi) is 4.18. The number of ether oxygens (including phenoxy) is 1. The van der Waals surface area contributed by atoms with E-state index in [0.29, 0.717) is 15.5 Å². The second kappa shape index (κ2) is 5.85. The predicted octanol–water partition coefficient (Wildman–Crippen LogP) is 2.66. The molecule has 0 aliphatic rings. The van der Waals surface area contributed by atoms with Crippen molar-refractivity contribution in [2.75, 3.05) is 7.11 Å². The first-order valence-electron chi connectivity index (χ1n) is 5.28. The Morgan fingerprint density at radius 2 is 2.21 bits per heavy atom. The highest BCUT2D eigenvalue weighted by Crippen LogP contribution is 2.31. The summed E-state index contributed by atoms with van der Waals surface area (Å²) in [5.41, 5.74) is 0.721. The van der Waals surface area contributed by atoms with Crippen molar-refractivity contribution in [3.8, 4) is 10.0 Å². The number of esters is 1. The molecule has 2 heterocycles. The predicted molar refractivity (Wildman–Crippen MR) is 74.3 cm³/mol. The number of nitrogens with zero attached hydrogens (tertiary/aromatic N) is 2. The lowest BCUT2D eigenvalue weighted by Crippen LogP contribution is -2.03. The second-order valence-electron chi connectivity index (χ2n) is 3.57. The Morgan fingerprint density at radius 1 is 1.42 bits per heavy atom. The molecule has 0 aromatic carbocycles. The molecule has 0 spiro atoms. The van der Waals surface area contributed by atoms with Gasteiger partial charge in [-0.3, -0.25) is 4.79 Å². The van der Waals surface area contributed by atoms with Crippen molar-refractivity contribution < 1.29 is 14.3 Å². The van der Waals surface area contributed by atoms with Crippen molar-refractivity contribution in [2.24, 2.45) is 0 Å². The zero-order valence-electron chi connectivity index (χ0n) is 10.2. The van der Waals surface area contributed by atoms with E-state index in [4.69, 9.17) is 4.74 Å². The quantitative estimate of drug-likeness (QED) is 0.492. The number of hydrogen-bond donors (Lipinski definition) is 0. The van der Waals surface area contributed by atoms with E-state index in [2.05, 4.69) is 9.97 Å². The molecule has 2 aromatic heterocycles. The molecule has 0 unspecified atom stereocenters. The third kappa shape index (κ3) is 2.94. The number of aldehydes is 1. The van der Waals surface area contributed by atoms with Gasteiger partial charge in [-0.2, -0.15) is 0 Å². The maximum Gasteiger partial charge on any atom is 0.358 e. The number of carbonyl (C=O) groups excluding carboxylic acids is 2. The van der Waals surface area contributed by atoms with Crippen LogP contribution in [0.2, 0.25) is 0 Å². The molecule has 0 atom stereocenters. The van der Waals surface area contributed by atoms with Gasteiger partial charge in [-0.25, -0.2) is 14.8 Å². The fraction of sp³-hybridized carbons (Fsp3) is 0.167. The van der Waals surface area contributed by atoms with Crippen molar-refractivity contribution in [2.45, 2.75) is 6.92 Å². The third-order valence-electron chi connectivity index (χ3n) is 2.19. The SMILES string of the molecule is COC(=O)c1nc(-c2nccs2)sc1/C=C(\C)C=O. The zero-order valence-corrected chi connectivity index (χ0v) is 11.9. The van der Waals surface area contributed by atoms with Crippen LogP contribution >= 0.6 is 22.7 Å². The lowest BCUT2D eigenvalue weighted by atomic mass is 10.2. The van der Waals surface area contributed by atoms with Crippen LogP contribution in [0.3, 0.4) is 0 Å². The minimum absolute atomic E-state index is 0.207. The number of methoxy groups -OCH3 is 1.